The lowest BCUT2D eigenvalue weighted by molar-refractivity contribution is 0.354. The molecule has 5 heteroatoms. The summed E-state index contributed by atoms with van der Waals surface area (Å²) < 4.78 is 4.23. The molecule has 1 unspecified atom stereocenters. The van der Waals surface area contributed by atoms with Gasteiger partial charge in [-0.15, -0.1) is 0 Å². The second-order valence-electron chi connectivity index (χ2n) is 0.734. The average Bonchev–Trinajstić information content (AvgIpc) is 1.61. The molecule has 0 saturated carbocycles. The monoisotopic (exact) mass is 120 g/mol. The van der Waals surface area contributed by atoms with E-state index in [1.165, 1.54) is 0 Å². The molecule has 0 bridgehead atoms. The summed E-state index contributed by atoms with van der Waals surface area (Å²) in [7, 11) is -1.83. The van der Waals surface area contributed by atoms with Crippen molar-refractivity contribution in [1.29, 1.82) is 5.26 Å². The Labute approximate surface area is 42.5 Å². The minimum absolute atomic E-state index is 0.140. The zero-order valence-electron chi connectivity index (χ0n) is 3.53. The molecular formula is C2H5N2O2P. The number of hydrogen-bond acceptors (Lipinski definition) is 4. The van der Waals surface area contributed by atoms with Gasteiger partial charge in [0.1, 0.15) is 6.61 Å². The minimum atomic E-state index is -1.83. The molecule has 0 aromatic heterocycles. The van der Waals surface area contributed by atoms with Crippen molar-refractivity contribution in [3.8, 4) is 6.07 Å². The molecule has 0 aliphatic carbocycles. The first-order valence-corrected chi connectivity index (χ1v) is 2.79. The van der Waals surface area contributed by atoms with Crippen LogP contribution in [0.25, 0.3) is 0 Å². The number of hydrogen-bond donors (Lipinski definition) is 2. The summed E-state index contributed by atoms with van der Waals surface area (Å²) in [6.07, 6.45) is 0. The largest absolute Gasteiger partial charge is 0.338 e. The van der Waals surface area contributed by atoms with Crippen LogP contribution in [-0.4, -0.2) is 11.5 Å². The smallest absolute Gasteiger partial charge is 0.251 e. The van der Waals surface area contributed by atoms with Crippen LogP contribution in [0.3, 0.4) is 0 Å². The molecule has 0 heterocycles. The van der Waals surface area contributed by atoms with E-state index in [2.05, 4.69) is 4.52 Å². The number of nitrogens with zero attached hydrogens (tertiary/aromatic N) is 1. The highest BCUT2D eigenvalue weighted by atomic mass is 31.2. The number of nitrogens with two attached hydrogens (primary N) is 1. The van der Waals surface area contributed by atoms with Crippen molar-refractivity contribution in [1.82, 2.24) is 0 Å². The van der Waals surface area contributed by atoms with Crippen LogP contribution in [0.1, 0.15) is 0 Å². The molecule has 0 aliphatic rings. The fourth-order valence-electron chi connectivity index (χ4n) is 0.0950. The minimum Gasteiger partial charge on any atom is -0.338 e. The van der Waals surface area contributed by atoms with E-state index in [1.807, 2.05) is 0 Å². The zero-order chi connectivity index (χ0) is 5.70. The van der Waals surface area contributed by atoms with Gasteiger partial charge in [0.2, 0.25) is 0 Å². The normalized spacial score (nSPS) is 12.7. The Morgan fingerprint density at radius 2 is 2.57 bits per heavy atom. The third-order valence-corrected chi connectivity index (χ3v) is 0.655. The second kappa shape index (κ2) is 3.97. The van der Waals surface area contributed by atoms with Gasteiger partial charge in [-0.05, 0) is 0 Å². The van der Waals surface area contributed by atoms with E-state index >= 15 is 0 Å². The highest BCUT2D eigenvalue weighted by Crippen LogP contribution is 2.17. The van der Waals surface area contributed by atoms with Crippen molar-refractivity contribution >= 4 is 8.53 Å². The molecule has 7 heavy (non-hydrogen) atoms. The standard InChI is InChI=1S/C2H5N2O2P/c3-1-2-6-7(4)5/h5H,2,4H2. The molecule has 0 saturated heterocycles. The topological polar surface area (TPSA) is 79.3 Å². The Morgan fingerprint density at radius 3 is 2.71 bits per heavy atom. The first kappa shape index (κ1) is 6.80. The Balaban J connectivity index is 2.86. The van der Waals surface area contributed by atoms with Crippen LogP contribution < -0.4 is 5.50 Å². The van der Waals surface area contributed by atoms with Crippen molar-refractivity contribution in [2.75, 3.05) is 6.61 Å². The zero-order valence-corrected chi connectivity index (χ0v) is 4.43. The Bertz CT molecular complexity index is 78.2. The number of rotatable bonds is 2. The molecule has 0 aliphatic heterocycles. The molecule has 0 radical (unpaired) electrons. The summed E-state index contributed by atoms with van der Waals surface area (Å²) >= 11 is 0. The van der Waals surface area contributed by atoms with Crippen molar-refractivity contribution in [3.63, 3.8) is 0 Å². The predicted octanol–water partition coefficient (Wildman–Crippen LogP) is -0.296. The van der Waals surface area contributed by atoms with Crippen molar-refractivity contribution in [3.05, 3.63) is 0 Å². The summed E-state index contributed by atoms with van der Waals surface area (Å²) in [4.78, 5) is 8.15. The fourth-order valence-corrected chi connectivity index (χ4v) is 0.285. The lowest BCUT2D eigenvalue weighted by Gasteiger charge is -1.95. The van der Waals surface area contributed by atoms with Gasteiger partial charge in [0, 0.05) is 0 Å². The average molecular weight is 120 g/mol. The third-order valence-electron chi connectivity index (χ3n) is 0.261. The predicted molar refractivity (Wildman–Crippen MR) is 24.9 cm³/mol. The van der Waals surface area contributed by atoms with Crippen molar-refractivity contribution < 1.29 is 9.42 Å². The highest BCUT2D eigenvalue weighted by Gasteiger charge is 1.91. The molecular weight excluding hydrogens is 115 g/mol. The van der Waals surface area contributed by atoms with Crippen molar-refractivity contribution in [2.45, 2.75) is 0 Å². The summed E-state index contributed by atoms with van der Waals surface area (Å²) in [5.74, 6) is 0. The van der Waals surface area contributed by atoms with Crippen LogP contribution in [0.15, 0.2) is 0 Å². The van der Waals surface area contributed by atoms with E-state index in [-0.39, 0.29) is 6.61 Å². The Kier molecular flexibility index (Phi) is 3.86. The van der Waals surface area contributed by atoms with Crippen LogP contribution in [0.2, 0.25) is 0 Å². The van der Waals surface area contributed by atoms with Crippen LogP contribution in [-0.2, 0) is 4.52 Å². The van der Waals surface area contributed by atoms with Gasteiger partial charge in [-0.2, -0.15) is 5.26 Å². The molecule has 0 aromatic rings. The first-order chi connectivity index (χ1) is 3.27. The van der Waals surface area contributed by atoms with Gasteiger partial charge in [-0.1, -0.05) is 0 Å². The maximum atomic E-state index is 8.15. The molecule has 0 spiro atoms. The van der Waals surface area contributed by atoms with E-state index in [0.29, 0.717) is 0 Å². The maximum absolute atomic E-state index is 8.15. The van der Waals surface area contributed by atoms with Crippen molar-refractivity contribution in [2.24, 2.45) is 5.50 Å². The van der Waals surface area contributed by atoms with Gasteiger partial charge in [-0.3, -0.25) is 5.50 Å². The van der Waals surface area contributed by atoms with Gasteiger partial charge >= 0.3 is 0 Å². The van der Waals surface area contributed by atoms with E-state index in [0.717, 1.165) is 0 Å². The van der Waals surface area contributed by atoms with Crippen LogP contribution >= 0.6 is 8.53 Å². The van der Waals surface area contributed by atoms with Gasteiger partial charge in [0.15, 0.2) is 0 Å². The van der Waals surface area contributed by atoms with E-state index < -0.39 is 8.53 Å². The number of nitriles is 1. The van der Waals surface area contributed by atoms with Crippen LogP contribution in [0, 0.1) is 11.3 Å². The summed E-state index contributed by atoms with van der Waals surface area (Å²) in [5, 5.41) is 7.78. The maximum Gasteiger partial charge on any atom is 0.251 e. The second-order valence-corrected chi connectivity index (χ2v) is 1.60. The SMILES string of the molecule is N#CCOP(N)O. The third kappa shape index (κ3) is 5.80. The summed E-state index contributed by atoms with van der Waals surface area (Å²) in [6, 6.07) is 1.65. The van der Waals surface area contributed by atoms with E-state index in [9.17, 15) is 0 Å². The molecule has 40 valence electrons. The quantitative estimate of drug-likeness (QED) is 0.490. The Morgan fingerprint density at radius 1 is 2.00 bits per heavy atom. The fraction of sp³-hybridized carbons (Fsp3) is 0.500. The molecule has 0 amide bonds. The molecule has 0 fully saturated rings. The molecule has 0 aromatic carbocycles. The van der Waals surface area contributed by atoms with Gasteiger partial charge < -0.3 is 9.42 Å². The summed E-state index contributed by atoms with van der Waals surface area (Å²) in [6.45, 7) is -0.140. The van der Waals surface area contributed by atoms with Crippen LogP contribution in [0.5, 0.6) is 0 Å². The van der Waals surface area contributed by atoms with E-state index in [1.54, 1.807) is 6.07 Å². The highest BCUT2D eigenvalue weighted by molar-refractivity contribution is 7.43. The van der Waals surface area contributed by atoms with Gasteiger partial charge in [0.25, 0.3) is 8.53 Å². The molecule has 0 rings (SSSR count). The molecule has 3 N–H and O–H groups in total. The lowest BCUT2D eigenvalue weighted by atomic mass is 10.9. The van der Waals surface area contributed by atoms with Gasteiger partial charge in [-0.25, -0.2) is 0 Å². The molecule has 1 atom stereocenters. The summed E-state index contributed by atoms with van der Waals surface area (Å²) in [5.41, 5.74) is 4.73. The van der Waals surface area contributed by atoms with Crippen LogP contribution in [0.4, 0.5) is 0 Å². The Hall–Kier alpha value is -0.200. The van der Waals surface area contributed by atoms with Gasteiger partial charge in [0.05, 0.1) is 6.07 Å². The first-order valence-electron chi connectivity index (χ1n) is 1.51. The lowest BCUT2D eigenvalue weighted by Crippen LogP contribution is -1.91. The van der Waals surface area contributed by atoms with E-state index in [4.69, 9.17) is 15.7 Å². The molecule has 4 nitrogen and oxygen atoms in total.